The van der Waals surface area contributed by atoms with Crippen LogP contribution in [-0.4, -0.2) is 0 Å². The summed E-state index contributed by atoms with van der Waals surface area (Å²) in [5, 5.41) is 11.9. The van der Waals surface area contributed by atoms with Crippen molar-refractivity contribution < 1.29 is 8.83 Å². The van der Waals surface area contributed by atoms with Crippen LogP contribution in [0.1, 0.15) is 0 Å². The van der Waals surface area contributed by atoms with E-state index in [4.69, 9.17) is 8.83 Å². The standard InChI is InChI=1S/C54H32O2/c1-2-13-36-32-50-46(31-35(36)12-1)54-40(22-11-25-49(54)56-50)37-14-9-15-38(30-37)52-43-18-5-3-16-41(43)51(42-17-4-6-19-44(42)52)34-28-26-33(27-29-34)39-21-10-24-48-53(39)45-20-7-8-23-47(45)55-48/h1-32H. The Morgan fingerprint density at radius 1 is 0.250 bits per heavy atom. The van der Waals surface area contributed by atoms with Crippen molar-refractivity contribution in [1.82, 2.24) is 0 Å². The van der Waals surface area contributed by atoms with Crippen molar-refractivity contribution in [3.05, 3.63) is 194 Å². The van der Waals surface area contributed by atoms with E-state index in [1.807, 2.05) is 12.1 Å². The molecule has 0 bridgehead atoms. The number of furan rings is 2. The minimum atomic E-state index is 0.902. The zero-order valence-electron chi connectivity index (χ0n) is 30.3. The number of hydrogen-bond donors (Lipinski definition) is 0. The molecule has 0 aliphatic carbocycles. The number of hydrogen-bond acceptors (Lipinski definition) is 2. The fourth-order valence-corrected chi connectivity index (χ4v) is 9.18. The molecule has 260 valence electrons. The van der Waals surface area contributed by atoms with Gasteiger partial charge >= 0.3 is 0 Å². The fraction of sp³-hybridized carbons (Fsp3) is 0. The second-order valence-corrected chi connectivity index (χ2v) is 14.8. The van der Waals surface area contributed by atoms with E-state index in [2.05, 4.69) is 182 Å². The zero-order chi connectivity index (χ0) is 36.7. The van der Waals surface area contributed by atoms with Crippen LogP contribution in [0.15, 0.2) is 203 Å². The van der Waals surface area contributed by atoms with E-state index in [9.17, 15) is 0 Å². The van der Waals surface area contributed by atoms with E-state index < -0.39 is 0 Å². The van der Waals surface area contributed by atoms with Gasteiger partial charge in [0.2, 0.25) is 0 Å². The Hall–Kier alpha value is -7.42. The first-order valence-corrected chi connectivity index (χ1v) is 19.2. The Kier molecular flexibility index (Phi) is 6.66. The third-order valence-electron chi connectivity index (χ3n) is 11.6. The number of rotatable bonds is 4. The van der Waals surface area contributed by atoms with Crippen LogP contribution >= 0.6 is 0 Å². The van der Waals surface area contributed by atoms with Crippen LogP contribution in [0, 0.1) is 0 Å². The third-order valence-corrected chi connectivity index (χ3v) is 11.6. The van der Waals surface area contributed by atoms with Gasteiger partial charge in [0.05, 0.1) is 0 Å². The van der Waals surface area contributed by atoms with Gasteiger partial charge in [0, 0.05) is 21.5 Å². The van der Waals surface area contributed by atoms with Gasteiger partial charge in [-0.2, -0.15) is 0 Å². The van der Waals surface area contributed by atoms with Crippen LogP contribution in [0.5, 0.6) is 0 Å². The molecule has 2 nitrogen and oxygen atoms in total. The highest BCUT2D eigenvalue weighted by Crippen LogP contribution is 2.46. The maximum Gasteiger partial charge on any atom is 0.136 e. The van der Waals surface area contributed by atoms with Crippen molar-refractivity contribution in [1.29, 1.82) is 0 Å². The summed E-state index contributed by atoms with van der Waals surface area (Å²) in [6.45, 7) is 0. The number of benzene rings is 10. The van der Waals surface area contributed by atoms with Crippen LogP contribution in [-0.2, 0) is 0 Å². The largest absolute Gasteiger partial charge is 0.456 e. The summed E-state index contributed by atoms with van der Waals surface area (Å²) < 4.78 is 12.7. The molecule has 12 rings (SSSR count). The van der Waals surface area contributed by atoms with Crippen molar-refractivity contribution in [3.63, 3.8) is 0 Å². The second kappa shape index (κ2) is 12.0. The van der Waals surface area contributed by atoms with Gasteiger partial charge in [-0.05, 0) is 113 Å². The summed E-state index contributed by atoms with van der Waals surface area (Å²) in [6, 6.07) is 69.9. The van der Waals surface area contributed by atoms with E-state index in [1.54, 1.807) is 0 Å². The molecule has 0 spiro atoms. The van der Waals surface area contributed by atoms with E-state index >= 15 is 0 Å². The van der Waals surface area contributed by atoms with Gasteiger partial charge in [-0.25, -0.2) is 0 Å². The molecule has 0 aliphatic rings. The van der Waals surface area contributed by atoms with Gasteiger partial charge in [0.15, 0.2) is 0 Å². The Balaban J connectivity index is 1.03. The first kappa shape index (κ1) is 31.0. The highest BCUT2D eigenvalue weighted by atomic mass is 16.3. The summed E-state index contributed by atoms with van der Waals surface area (Å²) in [5.74, 6) is 0. The molecule has 56 heavy (non-hydrogen) atoms. The average molecular weight is 713 g/mol. The van der Waals surface area contributed by atoms with E-state index in [0.29, 0.717) is 0 Å². The summed E-state index contributed by atoms with van der Waals surface area (Å²) in [4.78, 5) is 0. The Morgan fingerprint density at radius 2 is 0.714 bits per heavy atom. The number of para-hydroxylation sites is 1. The van der Waals surface area contributed by atoms with Gasteiger partial charge < -0.3 is 8.83 Å². The molecule has 0 atom stereocenters. The molecule has 0 saturated heterocycles. The normalized spacial score (nSPS) is 11.9. The van der Waals surface area contributed by atoms with Crippen molar-refractivity contribution in [3.8, 4) is 44.5 Å². The topological polar surface area (TPSA) is 26.3 Å². The van der Waals surface area contributed by atoms with Gasteiger partial charge in [0.1, 0.15) is 22.3 Å². The minimum Gasteiger partial charge on any atom is -0.456 e. The third kappa shape index (κ3) is 4.63. The first-order valence-electron chi connectivity index (χ1n) is 19.2. The first-order chi connectivity index (χ1) is 27.8. The molecule has 0 unspecified atom stereocenters. The molecular formula is C54H32O2. The van der Waals surface area contributed by atoms with Crippen molar-refractivity contribution in [2.45, 2.75) is 0 Å². The van der Waals surface area contributed by atoms with Gasteiger partial charge in [-0.3, -0.25) is 0 Å². The lowest BCUT2D eigenvalue weighted by atomic mass is 9.85. The molecule has 0 radical (unpaired) electrons. The highest BCUT2D eigenvalue weighted by molar-refractivity contribution is 6.22. The predicted molar refractivity (Wildman–Crippen MR) is 235 cm³/mol. The molecule has 2 aromatic heterocycles. The average Bonchev–Trinajstić information content (AvgIpc) is 3.83. The van der Waals surface area contributed by atoms with Crippen LogP contribution in [0.2, 0.25) is 0 Å². The molecule has 2 heterocycles. The van der Waals surface area contributed by atoms with Crippen molar-refractivity contribution >= 4 is 76.2 Å². The molecule has 2 heteroatoms. The highest BCUT2D eigenvalue weighted by Gasteiger charge is 2.19. The summed E-state index contributed by atoms with van der Waals surface area (Å²) in [6.07, 6.45) is 0. The number of fused-ring (bicyclic) bond motifs is 9. The van der Waals surface area contributed by atoms with Gasteiger partial charge in [-0.1, -0.05) is 158 Å². The Bertz CT molecular complexity index is 3470. The predicted octanol–water partition coefficient (Wildman–Crippen LogP) is 15.6. The Morgan fingerprint density at radius 3 is 1.39 bits per heavy atom. The fourth-order valence-electron chi connectivity index (χ4n) is 9.18. The lowest BCUT2D eigenvalue weighted by Gasteiger charge is -2.18. The molecule has 10 aromatic carbocycles. The molecular weight excluding hydrogens is 681 g/mol. The van der Waals surface area contributed by atoms with Crippen LogP contribution < -0.4 is 0 Å². The maximum absolute atomic E-state index is 6.47. The van der Waals surface area contributed by atoms with Crippen molar-refractivity contribution in [2.24, 2.45) is 0 Å². The second-order valence-electron chi connectivity index (χ2n) is 14.8. The zero-order valence-corrected chi connectivity index (χ0v) is 30.3. The van der Waals surface area contributed by atoms with E-state index in [-0.39, 0.29) is 0 Å². The quantitative estimate of drug-likeness (QED) is 0.170. The maximum atomic E-state index is 6.47. The monoisotopic (exact) mass is 712 g/mol. The van der Waals surface area contributed by atoms with E-state index in [0.717, 1.165) is 49.4 Å². The van der Waals surface area contributed by atoms with Crippen molar-refractivity contribution in [2.75, 3.05) is 0 Å². The summed E-state index contributed by atoms with van der Waals surface area (Å²) in [5.41, 5.74) is 13.2. The summed E-state index contributed by atoms with van der Waals surface area (Å²) >= 11 is 0. The molecule has 0 saturated carbocycles. The molecule has 0 N–H and O–H groups in total. The molecule has 0 amide bonds. The molecule has 0 aliphatic heterocycles. The lowest BCUT2D eigenvalue weighted by Crippen LogP contribution is -1.91. The molecule has 0 fully saturated rings. The van der Waals surface area contributed by atoms with Crippen LogP contribution in [0.4, 0.5) is 0 Å². The van der Waals surface area contributed by atoms with Crippen LogP contribution in [0.3, 0.4) is 0 Å². The van der Waals surface area contributed by atoms with Gasteiger partial charge in [0.25, 0.3) is 0 Å². The van der Waals surface area contributed by atoms with Crippen LogP contribution in [0.25, 0.3) is 121 Å². The summed E-state index contributed by atoms with van der Waals surface area (Å²) in [7, 11) is 0. The lowest BCUT2D eigenvalue weighted by molar-refractivity contribution is 0.669. The minimum absolute atomic E-state index is 0.902. The smallest absolute Gasteiger partial charge is 0.136 e. The Labute approximate surface area is 322 Å². The van der Waals surface area contributed by atoms with E-state index in [1.165, 1.54) is 71.3 Å². The van der Waals surface area contributed by atoms with Gasteiger partial charge in [-0.15, -0.1) is 0 Å². The molecule has 12 aromatic rings. The SMILES string of the molecule is c1cc(-c2c3ccccc3c(-c3ccc(-c4cccc5oc6ccccc6c45)cc3)c3ccccc23)cc(-c2cccc3oc4cc5ccccc5cc4c23)c1.